The van der Waals surface area contributed by atoms with Crippen LogP contribution in [-0.4, -0.2) is 60.9 Å². The molecule has 0 aromatic heterocycles. The van der Waals surface area contributed by atoms with Crippen molar-refractivity contribution in [3.05, 3.63) is 101 Å². The highest BCUT2D eigenvalue weighted by Crippen LogP contribution is 2.24. The van der Waals surface area contributed by atoms with Gasteiger partial charge in [-0.1, -0.05) is 61.4 Å². The summed E-state index contributed by atoms with van der Waals surface area (Å²) in [4.78, 5) is 13.5. The Balaban J connectivity index is 1.21. The molecule has 5 N–H and O–H groups in total. The molecule has 41 heavy (non-hydrogen) atoms. The monoisotopic (exact) mass is 563 g/mol. The van der Waals surface area contributed by atoms with Crippen LogP contribution < -0.4 is 15.8 Å². The second-order valence-corrected chi connectivity index (χ2v) is 10.3. The fraction of sp³-hybridized carbons (Fsp3) is 0.424. The van der Waals surface area contributed by atoms with Crippen molar-refractivity contribution < 1.29 is 24.5 Å². The van der Waals surface area contributed by atoms with E-state index in [1.54, 1.807) is 6.07 Å². The Labute approximate surface area is 244 Å². The lowest BCUT2D eigenvalue weighted by Gasteiger charge is -2.17. The highest BCUT2D eigenvalue weighted by molar-refractivity contribution is 5.92. The number of carbonyl (C=O) groups is 1. The fourth-order valence-corrected chi connectivity index (χ4v) is 4.51. The van der Waals surface area contributed by atoms with Crippen LogP contribution in [0.3, 0.4) is 0 Å². The number of carbonyl (C=O) groups excluding carboxylic acids is 1. The molecule has 0 aliphatic heterocycles. The number of aliphatic hydroxyl groups excluding tert-OH is 2. The minimum absolute atomic E-state index is 0.147. The van der Waals surface area contributed by atoms with Gasteiger partial charge in [-0.2, -0.15) is 0 Å². The number of nitrogens with one attached hydrogen (secondary N) is 1. The van der Waals surface area contributed by atoms with E-state index in [0.29, 0.717) is 36.6 Å². The van der Waals surface area contributed by atoms with E-state index < -0.39 is 12.0 Å². The molecule has 0 fully saturated rings. The molecule has 0 bridgehead atoms. The topological polar surface area (TPSA) is 117 Å². The van der Waals surface area contributed by atoms with Gasteiger partial charge in [-0.15, -0.1) is 0 Å². The Hall–Kier alpha value is -3.27. The summed E-state index contributed by atoms with van der Waals surface area (Å²) in [5, 5.41) is 23.7. The molecule has 3 aromatic carbocycles. The van der Waals surface area contributed by atoms with Gasteiger partial charge in [-0.05, 0) is 67.4 Å². The van der Waals surface area contributed by atoms with Crippen molar-refractivity contribution in [2.75, 3.05) is 39.9 Å². The maximum atomic E-state index is 11.3. The number of hydrogen-bond acceptors (Lipinski definition) is 7. The number of rotatable bonds is 20. The lowest BCUT2D eigenvalue weighted by molar-refractivity contribution is 0.0999. The molecule has 0 aliphatic rings. The van der Waals surface area contributed by atoms with Gasteiger partial charge >= 0.3 is 0 Å². The summed E-state index contributed by atoms with van der Waals surface area (Å²) >= 11 is 0. The number of aliphatic hydroxyl groups is 2. The standard InChI is InChI=1S/C33H45N3O5/c1-36(23-27-12-9-13-29(20-27)33(34)39)17-19-40-18-8-3-2-7-16-35-22-31(38)28-14-15-32(30(21-28)24-37)41-25-26-10-5-4-6-11-26/h4-6,9-15,20-21,31,35,37-38H,2-3,7-8,16-19,22-25H2,1H3,(H2,34,39). The Morgan fingerprint density at radius 2 is 1.73 bits per heavy atom. The van der Waals surface area contributed by atoms with Gasteiger partial charge in [-0.3, -0.25) is 9.69 Å². The quantitative estimate of drug-likeness (QED) is 0.152. The molecule has 222 valence electrons. The van der Waals surface area contributed by atoms with Crippen molar-refractivity contribution in [2.45, 2.75) is 51.5 Å². The average molecular weight is 564 g/mol. The van der Waals surface area contributed by atoms with E-state index in [4.69, 9.17) is 15.2 Å². The van der Waals surface area contributed by atoms with E-state index in [0.717, 1.165) is 68.6 Å². The van der Waals surface area contributed by atoms with Crippen molar-refractivity contribution >= 4 is 5.91 Å². The second kappa shape index (κ2) is 18.2. The van der Waals surface area contributed by atoms with E-state index in [1.807, 2.05) is 73.8 Å². The lowest BCUT2D eigenvalue weighted by Crippen LogP contribution is -2.23. The lowest BCUT2D eigenvalue weighted by atomic mass is 10.0. The third kappa shape index (κ3) is 12.0. The summed E-state index contributed by atoms with van der Waals surface area (Å²) in [6.45, 7) is 4.55. The number of benzene rings is 3. The predicted molar refractivity (Wildman–Crippen MR) is 162 cm³/mol. The number of hydrogen-bond donors (Lipinski definition) is 4. The van der Waals surface area contributed by atoms with E-state index in [1.165, 1.54) is 0 Å². The van der Waals surface area contributed by atoms with Crippen LogP contribution in [0.2, 0.25) is 0 Å². The number of ether oxygens (including phenoxy) is 2. The smallest absolute Gasteiger partial charge is 0.248 e. The zero-order chi connectivity index (χ0) is 29.3. The van der Waals surface area contributed by atoms with E-state index in [2.05, 4.69) is 10.2 Å². The molecule has 0 saturated carbocycles. The Morgan fingerprint density at radius 1 is 0.951 bits per heavy atom. The fourth-order valence-electron chi connectivity index (χ4n) is 4.51. The maximum Gasteiger partial charge on any atom is 0.248 e. The van der Waals surface area contributed by atoms with Gasteiger partial charge in [-0.25, -0.2) is 0 Å². The molecule has 1 unspecified atom stereocenters. The van der Waals surface area contributed by atoms with Crippen molar-refractivity contribution in [1.29, 1.82) is 0 Å². The number of unbranched alkanes of at least 4 members (excludes halogenated alkanes) is 3. The van der Waals surface area contributed by atoms with Crippen molar-refractivity contribution in [3.8, 4) is 5.75 Å². The molecule has 0 heterocycles. The number of amides is 1. The Bertz CT molecular complexity index is 1170. The SMILES string of the molecule is CN(CCOCCCCCCNCC(O)c1ccc(OCc2ccccc2)c(CO)c1)Cc1cccc(C(N)=O)c1. The molecule has 3 rings (SSSR count). The first-order valence-electron chi connectivity index (χ1n) is 14.4. The maximum absolute atomic E-state index is 11.3. The van der Waals surface area contributed by atoms with E-state index in [9.17, 15) is 15.0 Å². The molecule has 8 heteroatoms. The molecular formula is C33H45N3O5. The van der Waals surface area contributed by atoms with Crippen molar-refractivity contribution in [3.63, 3.8) is 0 Å². The first-order chi connectivity index (χ1) is 20.0. The van der Waals surface area contributed by atoms with Crippen LogP contribution in [0.4, 0.5) is 0 Å². The van der Waals surface area contributed by atoms with Crippen LogP contribution in [0.25, 0.3) is 0 Å². The Morgan fingerprint density at radius 3 is 2.51 bits per heavy atom. The van der Waals surface area contributed by atoms with Crippen LogP contribution in [0.15, 0.2) is 72.8 Å². The zero-order valence-electron chi connectivity index (χ0n) is 24.1. The minimum atomic E-state index is -0.651. The highest BCUT2D eigenvalue weighted by atomic mass is 16.5. The first-order valence-corrected chi connectivity index (χ1v) is 14.4. The summed E-state index contributed by atoms with van der Waals surface area (Å²) < 4.78 is 11.7. The van der Waals surface area contributed by atoms with Crippen LogP contribution in [0.5, 0.6) is 5.75 Å². The van der Waals surface area contributed by atoms with Crippen LogP contribution in [-0.2, 0) is 24.5 Å². The Kier molecular flexibility index (Phi) is 14.3. The van der Waals surface area contributed by atoms with Gasteiger partial charge in [0.1, 0.15) is 12.4 Å². The second-order valence-electron chi connectivity index (χ2n) is 10.3. The summed E-state index contributed by atoms with van der Waals surface area (Å²) in [6.07, 6.45) is 3.61. The minimum Gasteiger partial charge on any atom is -0.489 e. The molecule has 0 spiro atoms. The molecule has 8 nitrogen and oxygen atoms in total. The third-order valence-corrected chi connectivity index (χ3v) is 6.89. The number of nitrogens with two attached hydrogens (primary N) is 1. The number of primary amides is 1. The summed E-state index contributed by atoms with van der Waals surface area (Å²) in [5.74, 6) is 0.221. The molecule has 1 atom stereocenters. The van der Waals surface area contributed by atoms with Gasteiger partial charge in [0.2, 0.25) is 5.91 Å². The van der Waals surface area contributed by atoms with Crippen LogP contribution >= 0.6 is 0 Å². The molecule has 0 aliphatic carbocycles. The largest absolute Gasteiger partial charge is 0.489 e. The number of nitrogens with zero attached hydrogens (tertiary/aromatic N) is 1. The van der Waals surface area contributed by atoms with E-state index in [-0.39, 0.29) is 6.61 Å². The van der Waals surface area contributed by atoms with Crippen LogP contribution in [0.1, 0.15) is 64.4 Å². The van der Waals surface area contributed by atoms with Crippen LogP contribution in [0, 0.1) is 0 Å². The summed E-state index contributed by atoms with van der Waals surface area (Å²) in [7, 11) is 2.03. The molecule has 0 radical (unpaired) electrons. The van der Waals surface area contributed by atoms with Gasteiger partial charge in [0, 0.05) is 37.4 Å². The zero-order valence-corrected chi connectivity index (χ0v) is 24.1. The van der Waals surface area contributed by atoms with E-state index >= 15 is 0 Å². The van der Waals surface area contributed by atoms with Gasteiger partial charge < -0.3 is 30.7 Å². The van der Waals surface area contributed by atoms with Gasteiger partial charge in [0.25, 0.3) is 0 Å². The third-order valence-electron chi connectivity index (χ3n) is 6.89. The van der Waals surface area contributed by atoms with Crippen molar-refractivity contribution in [1.82, 2.24) is 10.2 Å². The average Bonchev–Trinajstić information content (AvgIpc) is 2.99. The first kappa shape index (κ1) is 32.2. The van der Waals surface area contributed by atoms with Gasteiger partial charge in [0.05, 0.1) is 19.3 Å². The number of likely N-dealkylation sites (N-methyl/N-ethyl adjacent to an activating group) is 1. The molecule has 3 aromatic rings. The van der Waals surface area contributed by atoms with Crippen molar-refractivity contribution in [2.24, 2.45) is 5.73 Å². The summed E-state index contributed by atoms with van der Waals surface area (Å²) in [6, 6.07) is 22.8. The molecule has 0 saturated heterocycles. The molecule has 1 amide bonds. The van der Waals surface area contributed by atoms with Gasteiger partial charge in [0.15, 0.2) is 0 Å². The normalized spacial score (nSPS) is 12.0. The predicted octanol–water partition coefficient (Wildman–Crippen LogP) is 4.19. The highest BCUT2D eigenvalue weighted by Gasteiger charge is 2.11. The molecular weight excluding hydrogens is 518 g/mol. The summed E-state index contributed by atoms with van der Waals surface area (Å²) in [5.41, 5.74) is 9.43.